The largest absolute Gasteiger partial charge is 0.465 e. The van der Waals surface area contributed by atoms with E-state index in [1.165, 1.54) is 18.4 Å². The number of hydrogen-bond acceptors (Lipinski definition) is 6. The van der Waals surface area contributed by atoms with Crippen molar-refractivity contribution in [3.63, 3.8) is 0 Å². The Hall–Kier alpha value is -2.22. The van der Waals surface area contributed by atoms with Crippen LogP contribution in [0, 0.1) is 13.8 Å². The molecule has 0 spiro atoms. The minimum Gasteiger partial charge on any atom is -0.465 e. The van der Waals surface area contributed by atoms with Crippen LogP contribution in [0.3, 0.4) is 0 Å². The van der Waals surface area contributed by atoms with Crippen LogP contribution in [0.5, 0.6) is 0 Å². The number of fused-ring (bicyclic) bond motifs is 1. The van der Waals surface area contributed by atoms with Gasteiger partial charge in [-0.1, -0.05) is 0 Å². The van der Waals surface area contributed by atoms with Gasteiger partial charge in [0.2, 0.25) is 5.82 Å². The van der Waals surface area contributed by atoms with Gasteiger partial charge in [-0.05, 0) is 25.8 Å². The first-order chi connectivity index (χ1) is 10.5. The molecule has 1 aliphatic rings. The molecule has 0 saturated heterocycles. The van der Waals surface area contributed by atoms with Gasteiger partial charge in [-0.25, -0.2) is 4.79 Å². The zero-order valence-electron chi connectivity index (χ0n) is 12.6. The number of carbonyl (C=O) groups is 2. The highest BCUT2D eigenvalue weighted by Gasteiger charge is 2.26. The Balaban J connectivity index is 1.91. The smallest absolute Gasteiger partial charge is 0.341 e. The summed E-state index contributed by atoms with van der Waals surface area (Å²) >= 11 is 1.35. The summed E-state index contributed by atoms with van der Waals surface area (Å²) in [7, 11) is 1.33. The van der Waals surface area contributed by atoms with Gasteiger partial charge in [0.15, 0.2) is 0 Å². The van der Waals surface area contributed by atoms with Gasteiger partial charge in [0, 0.05) is 17.8 Å². The Kier molecular flexibility index (Phi) is 3.69. The zero-order chi connectivity index (χ0) is 15.9. The molecule has 0 saturated carbocycles. The van der Waals surface area contributed by atoms with Gasteiger partial charge in [0.05, 0.1) is 12.7 Å². The number of anilines is 1. The normalized spacial score (nSPS) is 13.0. The van der Waals surface area contributed by atoms with Gasteiger partial charge in [-0.15, -0.1) is 21.5 Å². The molecular formula is C14H16N4O3S. The van der Waals surface area contributed by atoms with Gasteiger partial charge in [0.1, 0.15) is 10.8 Å². The topological polar surface area (TPSA) is 86.1 Å². The average molecular weight is 320 g/mol. The maximum absolute atomic E-state index is 12.4. The minimum absolute atomic E-state index is 0.284. The molecule has 116 valence electrons. The van der Waals surface area contributed by atoms with Crippen molar-refractivity contribution in [3.05, 3.63) is 27.7 Å². The predicted molar refractivity (Wildman–Crippen MR) is 81.4 cm³/mol. The number of hydrogen-bond donors (Lipinski definition) is 1. The van der Waals surface area contributed by atoms with Crippen molar-refractivity contribution >= 4 is 28.2 Å². The second-order valence-corrected chi connectivity index (χ2v) is 6.35. The summed E-state index contributed by atoms with van der Waals surface area (Å²) < 4.78 is 6.62. The zero-order valence-corrected chi connectivity index (χ0v) is 13.4. The number of methoxy groups -OCH3 is 1. The Bertz CT molecular complexity index is 762. The molecule has 0 unspecified atom stereocenters. The number of rotatable bonds is 3. The lowest BCUT2D eigenvalue weighted by Crippen LogP contribution is -2.19. The number of carbonyl (C=O) groups excluding carboxylic acids is 2. The van der Waals surface area contributed by atoms with Crippen LogP contribution in [0.1, 0.15) is 43.7 Å². The Morgan fingerprint density at radius 2 is 2.09 bits per heavy atom. The molecule has 0 fully saturated rings. The number of aromatic nitrogens is 3. The highest BCUT2D eigenvalue weighted by atomic mass is 32.1. The molecule has 8 heteroatoms. The van der Waals surface area contributed by atoms with Crippen LogP contribution in [-0.2, 0) is 17.7 Å². The first-order valence-electron chi connectivity index (χ1n) is 6.94. The molecule has 3 heterocycles. The van der Waals surface area contributed by atoms with E-state index in [4.69, 9.17) is 4.74 Å². The van der Waals surface area contributed by atoms with Gasteiger partial charge in [0.25, 0.3) is 5.91 Å². The lowest BCUT2D eigenvalue weighted by atomic mass is 10.1. The molecule has 22 heavy (non-hydrogen) atoms. The van der Waals surface area contributed by atoms with Gasteiger partial charge < -0.3 is 14.6 Å². The number of nitrogens with zero attached hydrogens (tertiary/aromatic N) is 3. The van der Waals surface area contributed by atoms with Crippen molar-refractivity contribution in [2.75, 3.05) is 12.4 Å². The summed E-state index contributed by atoms with van der Waals surface area (Å²) in [5.74, 6) is 0.305. The van der Waals surface area contributed by atoms with E-state index in [0.29, 0.717) is 10.6 Å². The summed E-state index contributed by atoms with van der Waals surface area (Å²) in [5.41, 5.74) is 1.22. The lowest BCUT2D eigenvalue weighted by Gasteiger charge is -2.06. The van der Waals surface area contributed by atoms with E-state index in [1.54, 1.807) is 0 Å². The highest BCUT2D eigenvalue weighted by molar-refractivity contribution is 7.16. The van der Waals surface area contributed by atoms with Crippen LogP contribution in [-0.4, -0.2) is 33.8 Å². The number of amides is 1. The molecule has 3 rings (SSSR count). The van der Waals surface area contributed by atoms with Crippen molar-refractivity contribution in [1.29, 1.82) is 0 Å². The van der Waals surface area contributed by atoms with Crippen LogP contribution in [0.4, 0.5) is 5.00 Å². The van der Waals surface area contributed by atoms with E-state index >= 15 is 0 Å². The van der Waals surface area contributed by atoms with Crippen molar-refractivity contribution in [3.8, 4) is 0 Å². The standard InChI is InChI=1S/C14H16N4O3S/c1-7-8(2)22-13(10(7)14(20)21-3)15-12(19)11-17-16-9-5-4-6-18(9)11/h4-6H2,1-3H3,(H,15,19). The van der Waals surface area contributed by atoms with E-state index in [1.807, 2.05) is 18.4 Å². The van der Waals surface area contributed by atoms with Crippen molar-refractivity contribution in [1.82, 2.24) is 14.8 Å². The fourth-order valence-corrected chi connectivity index (χ4v) is 3.58. The monoisotopic (exact) mass is 320 g/mol. The van der Waals surface area contributed by atoms with Crippen LogP contribution in [0.25, 0.3) is 0 Å². The molecule has 1 aliphatic heterocycles. The fraction of sp³-hybridized carbons (Fsp3) is 0.429. The van der Waals surface area contributed by atoms with Crippen LogP contribution in [0.2, 0.25) is 0 Å². The molecule has 2 aromatic rings. The fourth-order valence-electron chi connectivity index (χ4n) is 2.54. The number of thiophene rings is 1. The summed E-state index contributed by atoms with van der Waals surface area (Å²) in [4.78, 5) is 25.3. The second kappa shape index (κ2) is 5.53. The Labute approximate surface area is 131 Å². The molecule has 0 aliphatic carbocycles. The lowest BCUT2D eigenvalue weighted by molar-refractivity contribution is 0.0601. The quantitative estimate of drug-likeness (QED) is 0.874. The highest BCUT2D eigenvalue weighted by Crippen LogP contribution is 2.33. The molecular weight excluding hydrogens is 304 g/mol. The number of nitrogens with one attached hydrogen (secondary N) is 1. The number of esters is 1. The Morgan fingerprint density at radius 1 is 1.32 bits per heavy atom. The van der Waals surface area contributed by atoms with E-state index in [9.17, 15) is 9.59 Å². The van der Waals surface area contributed by atoms with Crippen molar-refractivity contribution in [2.45, 2.75) is 33.2 Å². The third kappa shape index (κ3) is 2.29. The number of ether oxygens (including phenoxy) is 1. The van der Waals surface area contributed by atoms with Crippen LogP contribution < -0.4 is 5.32 Å². The molecule has 0 atom stereocenters. The van der Waals surface area contributed by atoms with Crippen LogP contribution >= 0.6 is 11.3 Å². The van der Waals surface area contributed by atoms with E-state index < -0.39 is 5.97 Å². The van der Waals surface area contributed by atoms with Gasteiger partial charge in [-0.3, -0.25) is 4.79 Å². The average Bonchev–Trinajstić information content (AvgIpc) is 3.14. The van der Waals surface area contributed by atoms with E-state index in [0.717, 1.165) is 35.7 Å². The Morgan fingerprint density at radius 3 is 2.82 bits per heavy atom. The maximum atomic E-state index is 12.4. The van der Waals surface area contributed by atoms with Crippen molar-refractivity contribution < 1.29 is 14.3 Å². The first kappa shape index (κ1) is 14.7. The maximum Gasteiger partial charge on any atom is 0.341 e. The summed E-state index contributed by atoms with van der Waals surface area (Å²) in [5, 5.41) is 11.2. The second-order valence-electron chi connectivity index (χ2n) is 5.13. The molecule has 0 radical (unpaired) electrons. The molecule has 0 bridgehead atoms. The molecule has 1 N–H and O–H groups in total. The summed E-state index contributed by atoms with van der Waals surface area (Å²) in [6.45, 7) is 4.48. The predicted octanol–water partition coefficient (Wildman–Crippen LogP) is 1.94. The third-order valence-corrected chi connectivity index (χ3v) is 4.94. The molecule has 0 aromatic carbocycles. The first-order valence-corrected chi connectivity index (χ1v) is 7.76. The van der Waals surface area contributed by atoms with Crippen LogP contribution in [0.15, 0.2) is 0 Å². The molecule has 7 nitrogen and oxygen atoms in total. The minimum atomic E-state index is -0.455. The van der Waals surface area contributed by atoms with E-state index in [-0.39, 0.29) is 11.7 Å². The van der Waals surface area contributed by atoms with Gasteiger partial charge in [-0.2, -0.15) is 0 Å². The number of aryl methyl sites for hydroxylation is 2. The molecule has 1 amide bonds. The summed E-state index contributed by atoms with van der Waals surface area (Å²) in [6.07, 6.45) is 1.81. The van der Waals surface area contributed by atoms with Gasteiger partial charge >= 0.3 is 5.97 Å². The van der Waals surface area contributed by atoms with E-state index in [2.05, 4.69) is 15.5 Å². The summed E-state index contributed by atoms with van der Waals surface area (Å²) in [6, 6.07) is 0. The molecule has 2 aromatic heterocycles. The van der Waals surface area contributed by atoms with Crippen molar-refractivity contribution in [2.24, 2.45) is 0 Å². The SMILES string of the molecule is COC(=O)c1c(NC(=O)c2nnc3n2CCC3)sc(C)c1C. The third-order valence-electron chi connectivity index (χ3n) is 3.81.